The van der Waals surface area contributed by atoms with Crippen molar-refractivity contribution in [2.45, 2.75) is 19.9 Å². The van der Waals surface area contributed by atoms with Gasteiger partial charge in [0.2, 0.25) is 0 Å². The molecule has 1 aromatic heterocycles. The molecule has 14 heavy (non-hydrogen) atoms. The maximum absolute atomic E-state index is 5.75. The van der Waals surface area contributed by atoms with E-state index in [0.717, 1.165) is 23.5 Å². The van der Waals surface area contributed by atoms with Gasteiger partial charge in [0.05, 0.1) is 6.04 Å². The summed E-state index contributed by atoms with van der Waals surface area (Å²) >= 11 is 3.30. The van der Waals surface area contributed by atoms with Crippen molar-refractivity contribution in [3.05, 3.63) is 22.6 Å². The Morgan fingerprint density at radius 3 is 2.43 bits per heavy atom. The Morgan fingerprint density at radius 1 is 1.43 bits per heavy atom. The van der Waals surface area contributed by atoms with Gasteiger partial charge in [-0.3, -0.25) is 4.90 Å². The number of hydrogen-bond acceptors (Lipinski definition) is 3. The van der Waals surface area contributed by atoms with Crippen LogP contribution in [-0.4, -0.2) is 24.5 Å². The molecular formula is C10H17BrN2O. The molecule has 1 unspecified atom stereocenters. The number of likely N-dealkylation sites (N-methyl/N-ethyl adjacent to an activating group) is 1. The molecule has 0 radical (unpaired) electrons. The molecule has 0 amide bonds. The van der Waals surface area contributed by atoms with Gasteiger partial charge >= 0.3 is 0 Å². The summed E-state index contributed by atoms with van der Waals surface area (Å²) in [6.07, 6.45) is 0. The van der Waals surface area contributed by atoms with Crippen LogP contribution in [-0.2, 0) is 0 Å². The summed E-state index contributed by atoms with van der Waals surface area (Å²) in [7, 11) is 0. The minimum atomic E-state index is 0.191. The maximum atomic E-state index is 5.75. The van der Waals surface area contributed by atoms with Crippen LogP contribution in [0.2, 0.25) is 0 Å². The molecule has 1 rings (SSSR count). The van der Waals surface area contributed by atoms with Crippen LogP contribution in [0.3, 0.4) is 0 Å². The van der Waals surface area contributed by atoms with E-state index >= 15 is 0 Å². The van der Waals surface area contributed by atoms with E-state index in [-0.39, 0.29) is 6.04 Å². The molecule has 0 aromatic carbocycles. The van der Waals surface area contributed by atoms with Crippen LogP contribution < -0.4 is 5.73 Å². The highest BCUT2D eigenvalue weighted by Gasteiger charge is 2.19. The zero-order chi connectivity index (χ0) is 10.6. The molecule has 1 atom stereocenters. The molecule has 1 heterocycles. The van der Waals surface area contributed by atoms with E-state index in [4.69, 9.17) is 10.2 Å². The van der Waals surface area contributed by atoms with E-state index < -0.39 is 0 Å². The Morgan fingerprint density at radius 2 is 2.07 bits per heavy atom. The van der Waals surface area contributed by atoms with E-state index in [1.165, 1.54) is 0 Å². The Bertz CT molecular complexity index is 271. The van der Waals surface area contributed by atoms with Crippen LogP contribution in [0.4, 0.5) is 0 Å². The second kappa shape index (κ2) is 5.53. The molecule has 1 aromatic rings. The zero-order valence-corrected chi connectivity index (χ0v) is 10.3. The Labute approximate surface area is 93.4 Å². The summed E-state index contributed by atoms with van der Waals surface area (Å²) in [6, 6.07) is 4.07. The van der Waals surface area contributed by atoms with E-state index in [1.807, 2.05) is 12.1 Å². The highest BCUT2D eigenvalue weighted by Crippen LogP contribution is 2.24. The largest absolute Gasteiger partial charge is 0.453 e. The Hall–Kier alpha value is -0.320. The molecule has 2 N–H and O–H groups in total. The number of rotatable bonds is 5. The molecule has 0 aliphatic heterocycles. The monoisotopic (exact) mass is 260 g/mol. The standard InChI is InChI=1S/C10H17BrN2O/c1-3-13(4-2)8(7-12)9-5-6-10(11)14-9/h5-6,8H,3-4,7,12H2,1-2H3. The zero-order valence-electron chi connectivity index (χ0n) is 8.66. The fraction of sp³-hybridized carbons (Fsp3) is 0.600. The number of halogens is 1. The molecule has 0 spiro atoms. The quantitative estimate of drug-likeness (QED) is 0.884. The van der Waals surface area contributed by atoms with Gasteiger partial charge in [-0.1, -0.05) is 13.8 Å². The maximum Gasteiger partial charge on any atom is 0.169 e. The summed E-state index contributed by atoms with van der Waals surface area (Å²) in [5, 5.41) is 0. The van der Waals surface area contributed by atoms with Crippen molar-refractivity contribution >= 4 is 15.9 Å². The summed E-state index contributed by atoms with van der Waals surface area (Å²) < 4.78 is 6.28. The third-order valence-electron chi connectivity index (χ3n) is 2.40. The van der Waals surface area contributed by atoms with Crippen LogP contribution in [0.5, 0.6) is 0 Å². The Kier molecular flexibility index (Phi) is 4.65. The van der Waals surface area contributed by atoms with Crippen molar-refractivity contribution in [3.63, 3.8) is 0 Å². The van der Waals surface area contributed by atoms with Gasteiger partial charge in [-0.2, -0.15) is 0 Å². The molecule has 0 saturated heterocycles. The van der Waals surface area contributed by atoms with Crippen molar-refractivity contribution in [3.8, 4) is 0 Å². The third kappa shape index (κ3) is 2.59. The fourth-order valence-corrected chi connectivity index (χ4v) is 1.94. The molecule has 0 aliphatic carbocycles. The molecule has 0 aliphatic rings. The second-order valence-corrected chi connectivity index (χ2v) is 3.90. The third-order valence-corrected chi connectivity index (χ3v) is 2.83. The van der Waals surface area contributed by atoms with Crippen molar-refractivity contribution < 1.29 is 4.42 Å². The first-order valence-electron chi connectivity index (χ1n) is 4.92. The predicted octanol–water partition coefficient (Wildman–Crippen LogP) is 2.38. The first kappa shape index (κ1) is 11.8. The van der Waals surface area contributed by atoms with Crippen LogP contribution >= 0.6 is 15.9 Å². The number of hydrogen-bond donors (Lipinski definition) is 1. The summed E-state index contributed by atoms with van der Waals surface area (Å²) in [5.41, 5.74) is 5.75. The van der Waals surface area contributed by atoms with Crippen LogP contribution in [0.1, 0.15) is 25.6 Å². The lowest BCUT2D eigenvalue weighted by Crippen LogP contribution is -2.33. The highest BCUT2D eigenvalue weighted by molar-refractivity contribution is 9.10. The van der Waals surface area contributed by atoms with E-state index in [9.17, 15) is 0 Å². The summed E-state index contributed by atoms with van der Waals surface area (Å²) in [4.78, 5) is 2.28. The summed E-state index contributed by atoms with van der Waals surface area (Å²) in [6.45, 7) is 6.81. The average Bonchev–Trinajstić information content (AvgIpc) is 2.60. The number of furan rings is 1. The van der Waals surface area contributed by atoms with Gasteiger partial charge in [0.25, 0.3) is 0 Å². The van der Waals surface area contributed by atoms with Crippen LogP contribution in [0, 0.1) is 0 Å². The van der Waals surface area contributed by atoms with Crippen LogP contribution in [0.15, 0.2) is 21.2 Å². The van der Waals surface area contributed by atoms with E-state index in [1.54, 1.807) is 0 Å². The summed E-state index contributed by atoms with van der Waals surface area (Å²) in [5.74, 6) is 0.933. The SMILES string of the molecule is CCN(CC)C(CN)c1ccc(Br)o1. The molecule has 4 heteroatoms. The predicted molar refractivity (Wildman–Crippen MR) is 61.1 cm³/mol. The van der Waals surface area contributed by atoms with Gasteiger partial charge in [-0.25, -0.2) is 0 Å². The highest BCUT2D eigenvalue weighted by atomic mass is 79.9. The van der Waals surface area contributed by atoms with Gasteiger partial charge in [0.15, 0.2) is 4.67 Å². The minimum Gasteiger partial charge on any atom is -0.453 e. The molecular weight excluding hydrogens is 244 g/mol. The van der Waals surface area contributed by atoms with Crippen LogP contribution in [0.25, 0.3) is 0 Å². The molecule has 0 fully saturated rings. The first-order chi connectivity index (χ1) is 6.72. The lowest BCUT2D eigenvalue weighted by molar-refractivity contribution is 0.196. The van der Waals surface area contributed by atoms with Gasteiger partial charge in [0.1, 0.15) is 5.76 Å². The van der Waals surface area contributed by atoms with Gasteiger partial charge in [0, 0.05) is 6.54 Å². The molecule has 0 saturated carbocycles. The smallest absolute Gasteiger partial charge is 0.169 e. The Balaban J connectivity index is 2.80. The minimum absolute atomic E-state index is 0.191. The lowest BCUT2D eigenvalue weighted by Gasteiger charge is -2.26. The van der Waals surface area contributed by atoms with Crippen molar-refractivity contribution in [1.82, 2.24) is 4.90 Å². The van der Waals surface area contributed by atoms with Crippen molar-refractivity contribution in [2.24, 2.45) is 5.73 Å². The van der Waals surface area contributed by atoms with E-state index in [2.05, 4.69) is 34.7 Å². The number of nitrogens with two attached hydrogens (primary N) is 1. The van der Waals surface area contributed by atoms with Crippen molar-refractivity contribution in [2.75, 3.05) is 19.6 Å². The molecule has 80 valence electrons. The van der Waals surface area contributed by atoms with Gasteiger partial charge in [-0.15, -0.1) is 0 Å². The van der Waals surface area contributed by atoms with Gasteiger partial charge < -0.3 is 10.2 Å². The topological polar surface area (TPSA) is 42.4 Å². The molecule has 0 bridgehead atoms. The first-order valence-corrected chi connectivity index (χ1v) is 5.71. The fourth-order valence-electron chi connectivity index (χ4n) is 1.62. The van der Waals surface area contributed by atoms with Gasteiger partial charge in [-0.05, 0) is 41.2 Å². The van der Waals surface area contributed by atoms with E-state index in [0.29, 0.717) is 6.54 Å². The average molecular weight is 261 g/mol. The van der Waals surface area contributed by atoms with Crippen molar-refractivity contribution in [1.29, 1.82) is 0 Å². The lowest BCUT2D eigenvalue weighted by atomic mass is 10.2. The second-order valence-electron chi connectivity index (χ2n) is 3.11. The normalized spacial score (nSPS) is 13.5. The molecule has 3 nitrogen and oxygen atoms in total. The number of nitrogens with zero attached hydrogens (tertiary/aromatic N) is 1.